The van der Waals surface area contributed by atoms with Crippen molar-refractivity contribution < 1.29 is 4.92 Å². The van der Waals surface area contributed by atoms with E-state index >= 15 is 0 Å². The molecule has 88 valence electrons. The number of pyridine rings is 1. The lowest BCUT2D eigenvalue weighted by Gasteiger charge is -2.00. The second-order valence-corrected chi connectivity index (χ2v) is 4.62. The summed E-state index contributed by atoms with van der Waals surface area (Å²) in [7, 11) is 1.77. The number of halogens is 1. The first-order valence-corrected chi connectivity index (χ1v) is 5.73. The summed E-state index contributed by atoms with van der Waals surface area (Å²) < 4.78 is 1.61. The van der Waals surface area contributed by atoms with Crippen molar-refractivity contribution >= 4 is 29.1 Å². The van der Waals surface area contributed by atoms with E-state index in [1.807, 2.05) is 0 Å². The normalized spacial score (nSPS) is 10.5. The van der Waals surface area contributed by atoms with E-state index in [-0.39, 0.29) is 15.9 Å². The molecule has 0 aliphatic carbocycles. The maximum Gasteiger partial charge on any atom is 0.301 e. The largest absolute Gasteiger partial charge is 0.301 e. The Morgan fingerprint density at radius 1 is 1.53 bits per heavy atom. The molecular formula is C9H7ClN4O2S. The standard InChI is InChI=1S/C9H7ClN4O2S/c1-13-5-6(4-11-13)17-9-7(14(15)16)2-3-8(10)12-9/h2-5H,1H3. The highest BCUT2D eigenvalue weighted by molar-refractivity contribution is 7.99. The third-order valence-electron chi connectivity index (χ3n) is 1.90. The lowest BCUT2D eigenvalue weighted by molar-refractivity contribution is -0.388. The zero-order valence-electron chi connectivity index (χ0n) is 8.70. The van der Waals surface area contributed by atoms with Gasteiger partial charge in [0.15, 0.2) is 5.03 Å². The van der Waals surface area contributed by atoms with Crippen LogP contribution < -0.4 is 0 Å². The summed E-state index contributed by atoms with van der Waals surface area (Å²) in [5.74, 6) is 0. The highest BCUT2D eigenvalue weighted by Gasteiger charge is 2.17. The maximum atomic E-state index is 10.8. The molecular weight excluding hydrogens is 264 g/mol. The summed E-state index contributed by atoms with van der Waals surface area (Å²) in [5, 5.41) is 15.3. The fraction of sp³-hybridized carbons (Fsp3) is 0.111. The van der Waals surface area contributed by atoms with Gasteiger partial charge in [-0.3, -0.25) is 14.8 Å². The van der Waals surface area contributed by atoms with Crippen molar-refractivity contribution in [3.8, 4) is 0 Å². The average Bonchev–Trinajstić information content (AvgIpc) is 2.63. The van der Waals surface area contributed by atoms with Crippen molar-refractivity contribution in [1.82, 2.24) is 14.8 Å². The number of hydrogen-bond donors (Lipinski definition) is 0. The molecule has 0 saturated heterocycles. The molecule has 0 saturated carbocycles. The van der Waals surface area contributed by atoms with Gasteiger partial charge in [-0.1, -0.05) is 23.4 Å². The van der Waals surface area contributed by atoms with E-state index in [9.17, 15) is 10.1 Å². The lowest BCUT2D eigenvalue weighted by atomic mass is 10.4. The Morgan fingerprint density at radius 3 is 2.88 bits per heavy atom. The van der Waals surface area contributed by atoms with Crippen LogP contribution in [0.2, 0.25) is 5.15 Å². The van der Waals surface area contributed by atoms with Gasteiger partial charge in [0.1, 0.15) is 5.15 Å². The minimum absolute atomic E-state index is 0.0664. The van der Waals surface area contributed by atoms with Crippen LogP contribution in [0.1, 0.15) is 0 Å². The van der Waals surface area contributed by atoms with Gasteiger partial charge in [0.05, 0.1) is 16.0 Å². The third-order valence-corrected chi connectivity index (χ3v) is 3.05. The zero-order chi connectivity index (χ0) is 12.4. The molecule has 0 atom stereocenters. The second kappa shape index (κ2) is 4.72. The van der Waals surface area contributed by atoms with Crippen molar-refractivity contribution in [3.63, 3.8) is 0 Å². The fourth-order valence-electron chi connectivity index (χ4n) is 1.19. The topological polar surface area (TPSA) is 73.8 Å². The molecule has 6 nitrogen and oxygen atoms in total. The van der Waals surface area contributed by atoms with Gasteiger partial charge >= 0.3 is 5.69 Å². The summed E-state index contributed by atoms with van der Waals surface area (Å²) in [4.78, 5) is 15.1. The quantitative estimate of drug-likeness (QED) is 0.487. The molecule has 0 aliphatic rings. The Labute approximate surface area is 106 Å². The van der Waals surface area contributed by atoms with Gasteiger partial charge in [0, 0.05) is 19.3 Å². The fourth-order valence-corrected chi connectivity index (χ4v) is 2.30. The van der Waals surface area contributed by atoms with Crippen LogP contribution in [0.15, 0.2) is 34.4 Å². The predicted octanol–water partition coefficient (Wildman–Crippen LogP) is 2.53. The smallest absolute Gasteiger partial charge is 0.275 e. The number of nitrogens with zero attached hydrogens (tertiary/aromatic N) is 4. The van der Waals surface area contributed by atoms with Crippen molar-refractivity contribution in [1.29, 1.82) is 0 Å². The molecule has 0 N–H and O–H groups in total. The van der Waals surface area contributed by atoms with Crippen molar-refractivity contribution in [3.05, 3.63) is 39.8 Å². The van der Waals surface area contributed by atoms with Crippen LogP contribution >= 0.6 is 23.4 Å². The monoisotopic (exact) mass is 270 g/mol. The maximum absolute atomic E-state index is 10.8. The molecule has 2 aromatic heterocycles. The highest BCUT2D eigenvalue weighted by Crippen LogP contribution is 2.33. The summed E-state index contributed by atoms with van der Waals surface area (Å²) >= 11 is 6.88. The number of nitro groups is 1. The number of aromatic nitrogens is 3. The van der Waals surface area contributed by atoms with Crippen LogP contribution in [0.5, 0.6) is 0 Å². The number of rotatable bonds is 3. The summed E-state index contributed by atoms with van der Waals surface area (Å²) in [6.45, 7) is 0. The Morgan fingerprint density at radius 2 is 2.29 bits per heavy atom. The SMILES string of the molecule is Cn1cc(Sc2nc(Cl)ccc2[N+](=O)[O-])cn1. The molecule has 2 aromatic rings. The van der Waals surface area contributed by atoms with Crippen LogP contribution in [0, 0.1) is 10.1 Å². The first-order chi connectivity index (χ1) is 8.06. The van der Waals surface area contributed by atoms with Crippen molar-refractivity contribution in [2.75, 3.05) is 0 Å². The second-order valence-electron chi connectivity index (χ2n) is 3.17. The van der Waals surface area contributed by atoms with Crippen molar-refractivity contribution in [2.45, 2.75) is 9.92 Å². The zero-order valence-corrected chi connectivity index (χ0v) is 10.3. The molecule has 0 amide bonds. The van der Waals surface area contributed by atoms with Crippen molar-refractivity contribution in [2.24, 2.45) is 7.05 Å². The number of hydrogen-bond acceptors (Lipinski definition) is 5. The number of aryl methyl sites for hydroxylation is 1. The van der Waals surface area contributed by atoms with E-state index in [4.69, 9.17) is 11.6 Å². The molecule has 0 unspecified atom stereocenters. The molecule has 2 rings (SSSR count). The molecule has 2 heterocycles. The van der Waals surface area contributed by atoms with Crippen LogP contribution in [0.4, 0.5) is 5.69 Å². The molecule has 17 heavy (non-hydrogen) atoms. The molecule has 0 aromatic carbocycles. The third kappa shape index (κ3) is 2.75. The molecule has 0 radical (unpaired) electrons. The minimum atomic E-state index is -0.484. The molecule has 0 aliphatic heterocycles. The molecule has 0 spiro atoms. The molecule has 8 heteroatoms. The first kappa shape index (κ1) is 11.9. The van der Waals surface area contributed by atoms with E-state index in [1.54, 1.807) is 24.1 Å². The minimum Gasteiger partial charge on any atom is -0.275 e. The highest BCUT2D eigenvalue weighted by atomic mass is 35.5. The first-order valence-electron chi connectivity index (χ1n) is 4.53. The van der Waals surface area contributed by atoms with E-state index in [1.165, 1.54) is 12.1 Å². The van der Waals surface area contributed by atoms with Gasteiger partial charge in [0.25, 0.3) is 0 Å². The molecule has 0 bridgehead atoms. The van der Waals surface area contributed by atoms with Gasteiger partial charge in [0.2, 0.25) is 0 Å². The van der Waals surface area contributed by atoms with Gasteiger partial charge in [-0.2, -0.15) is 5.10 Å². The summed E-state index contributed by atoms with van der Waals surface area (Å²) in [6.07, 6.45) is 3.36. The van der Waals surface area contributed by atoms with Gasteiger partial charge < -0.3 is 0 Å². The van der Waals surface area contributed by atoms with E-state index in [0.717, 1.165) is 16.7 Å². The summed E-state index contributed by atoms with van der Waals surface area (Å²) in [6, 6.07) is 2.74. The van der Waals surface area contributed by atoms with E-state index in [2.05, 4.69) is 10.1 Å². The van der Waals surface area contributed by atoms with Crippen LogP contribution in [-0.4, -0.2) is 19.7 Å². The summed E-state index contributed by atoms with van der Waals surface area (Å²) in [5.41, 5.74) is -0.0664. The Hall–Kier alpha value is -1.60. The Kier molecular flexibility index (Phi) is 3.30. The van der Waals surface area contributed by atoms with E-state index < -0.39 is 4.92 Å². The van der Waals surface area contributed by atoms with Crippen LogP contribution in [0.25, 0.3) is 0 Å². The van der Waals surface area contributed by atoms with Crippen LogP contribution in [0.3, 0.4) is 0 Å². The van der Waals surface area contributed by atoms with Gasteiger partial charge in [-0.15, -0.1) is 0 Å². The van der Waals surface area contributed by atoms with Crippen LogP contribution in [-0.2, 0) is 7.05 Å². The lowest BCUT2D eigenvalue weighted by Crippen LogP contribution is -1.93. The van der Waals surface area contributed by atoms with Gasteiger partial charge in [-0.05, 0) is 6.07 Å². The van der Waals surface area contributed by atoms with Gasteiger partial charge in [-0.25, -0.2) is 4.98 Å². The molecule has 0 fully saturated rings. The average molecular weight is 271 g/mol. The van der Waals surface area contributed by atoms with E-state index in [0.29, 0.717) is 0 Å². The Bertz CT molecular complexity index is 572. The Balaban J connectivity index is 2.37. The predicted molar refractivity (Wildman–Crippen MR) is 63.2 cm³/mol.